The Morgan fingerprint density at radius 1 is 1.04 bits per heavy atom. The normalized spacial score (nSPS) is 14.4. The second-order valence-electron chi connectivity index (χ2n) is 6.50. The number of hydrogen-bond acceptors (Lipinski definition) is 4. The summed E-state index contributed by atoms with van der Waals surface area (Å²) in [4.78, 5) is 32.8. The Bertz CT molecular complexity index is 986. The van der Waals surface area contributed by atoms with Crippen LogP contribution in [0.1, 0.15) is 29.6 Å². The van der Waals surface area contributed by atoms with Crippen LogP contribution in [-0.4, -0.2) is 29.0 Å². The van der Waals surface area contributed by atoms with Crippen LogP contribution >= 0.6 is 0 Å². The lowest BCUT2D eigenvalue weighted by Crippen LogP contribution is -2.29. The van der Waals surface area contributed by atoms with Gasteiger partial charge in [-0.3, -0.25) is 14.6 Å². The van der Waals surface area contributed by atoms with Gasteiger partial charge in [0.1, 0.15) is 0 Å². The van der Waals surface area contributed by atoms with Gasteiger partial charge in [-0.25, -0.2) is 0 Å². The average Bonchev–Trinajstić information content (AvgIpc) is 2.69. The molecule has 2 N–H and O–H groups in total. The highest BCUT2D eigenvalue weighted by atomic mass is 16.1. The second-order valence-corrected chi connectivity index (χ2v) is 6.50. The standard InChI is InChI=1S/C20H20N4O2/c25-19-7-4-14(12-22-19)20(26)23-17-5-6-18(24-10-2-1-3-11-24)15-8-9-21-13-16(15)17/h4-9,12-13H,1-3,10-11H2,(H,22,25)(H,23,26). The summed E-state index contributed by atoms with van der Waals surface area (Å²) in [6.07, 6.45) is 8.67. The van der Waals surface area contributed by atoms with Gasteiger partial charge in [0.2, 0.25) is 5.56 Å². The predicted octanol–water partition coefficient (Wildman–Crippen LogP) is 3.17. The van der Waals surface area contributed by atoms with E-state index in [-0.39, 0.29) is 11.5 Å². The maximum absolute atomic E-state index is 12.5. The van der Waals surface area contributed by atoms with Gasteiger partial charge in [0.15, 0.2) is 0 Å². The smallest absolute Gasteiger partial charge is 0.257 e. The molecule has 2 aromatic heterocycles. The average molecular weight is 348 g/mol. The second kappa shape index (κ2) is 7.00. The molecular formula is C20H20N4O2. The quantitative estimate of drug-likeness (QED) is 0.762. The van der Waals surface area contributed by atoms with Crippen molar-refractivity contribution in [2.24, 2.45) is 0 Å². The van der Waals surface area contributed by atoms with Crippen molar-refractivity contribution >= 4 is 28.1 Å². The molecule has 1 fully saturated rings. The summed E-state index contributed by atoms with van der Waals surface area (Å²) in [6.45, 7) is 2.11. The summed E-state index contributed by atoms with van der Waals surface area (Å²) in [5, 5.41) is 4.93. The van der Waals surface area contributed by atoms with E-state index >= 15 is 0 Å². The number of rotatable bonds is 3. The van der Waals surface area contributed by atoms with Gasteiger partial charge in [-0.1, -0.05) is 0 Å². The molecule has 132 valence electrons. The van der Waals surface area contributed by atoms with E-state index in [9.17, 15) is 9.59 Å². The van der Waals surface area contributed by atoms with Gasteiger partial charge in [-0.05, 0) is 43.5 Å². The number of amides is 1. The van der Waals surface area contributed by atoms with Crippen molar-refractivity contribution in [3.05, 3.63) is 64.8 Å². The van der Waals surface area contributed by atoms with E-state index in [1.165, 1.54) is 43.3 Å². The number of carbonyl (C=O) groups is 1. The minimum atomic E-state index is -0.267. The molecule has 1 amide bonds. The minimum absolute atomic E-state index is 0.234. The number of hydrogen-bond donors (Lipinski definition) is 2. The fourth-order valence-corrected chi connectivity index (χ4v) is 3.44. The summed E-state index contributed by atoms with van der Waals surface area (Å²) in [5.41, 5.74) is 2.07. The van der Waals surface area contributed by atoms with E-state index in [2.05, 4.69) is 26.3 Å². The molecule has 1 saturated heterocycles. The fourth-order valence-electron chi connectivity index (χ4n) is 3.44. The molecule has 1 aliphatic rings. The Kier molecular flexibility index (Phi) is 4.39. The number of nitrogens with zero attached hydrogens (tertiary/aromatic N) is 2. The summed E-state index contributed by atoms with van der Waals surface area (Å²) < 4.78 is 0. The van der Waals surface area contributed by atoms with Gasteiger partial charge >= 0.3 is 0 Å². The molecule has 0 unspecified atom stereocenters. The number of aromatic nitrogens is 2. The maximum Gasteiger partial charge on any atom is 0.257 e. The van der Waals surface area contributed by atoms with Crippen LogP contribution in [0.15, 0.2) is 53.7 Å². The number of piperidine rings is 1. The SMILES string of the molecule is O=C(Nc1ccc(N2CCCCC2)c2ccncc12)c1ccc(=O)[nH]c1. The molecule has 0 saturated carbocycles. The number of nitrogens with one attached hydrogen (secondary N) is 2. The number of benzene rings is 1. The maximum atomic E-state index is 12.5. The molecule has 26 heavy (non-hydrogen) atoms. The molecule has 0 radical (unpaired) electrons. The van der Waals surface area contributed by atoms with Crippen LogP contribution < -0.4 is 15.8 Å². The van der Waals surface area contributed by atoms with E-state index in [4.69, 9.17) is 0 Å². The summed E-state index contributed by atoms with van der Waals surface area (Å²) >= 11 is 0. The molecule has 0 atom stereocenters. The van der Waals surface area contributed by atoms with Crippen LogP contribution in [0, 0.1) is 0 Å². The monoisotopic (exact) mass is 348 g/mol. The van der Waals surface area contributed by atoms with E-state index in [0.717, 1.165) is 23.9 Å². The highest BCUT2D eigenvalue weighted by Gasteiger charge is 2.16. The van der Waals surface area contributed by atoms with Gasteiger partial charge in [0.25, 0.3) is 5.91 Å². The van der Waals surface area contributed by atoms with E-state index < -0.39 is 0 Å². The van der Waals surface area contributed by atoms with Crippen LogP contribution in [-0.2, 0) is 0 Å². The van der Waals surface area contributed by atoms with Crippen LogP contribution in [0.4, 0.5) is 11.4 Å². The third kappa shape index (κ3) is 3.18. The Labute approximate surface area is 150 Å². The number of anilines is 2. The van der Waals surface area contributed by atoms with Crippen LogP contribution in [0.25, 0.3) is 10.8 Å². The number of fused-ring (bicyclic) bond motifs is 1. The zero-order valence-electron chi connectivity index (χ0n) is 14.4. The third-order valence-electron chi connectivity index (χ3n) is 4.79. The molecule has 3 heterocycles. The number of aromatic amines is 1. The molecular weight excluding hydrogens is 328 g/mol. The Morgan fingerprint density at radius 2 is 1.88 bits per heavy atom. The summed E-state index contributed by atoms with van der Waals surface area (Å²) in [6, 6.07) is 8.84. The fraction of sp³-hybridized carbons (Fsp3) is 0.250. The molecule has 1 aliphatic heterocycles. The summed E-state index contributed by atoms with van der Waals surface area (Å²) in [7, 11) is 0. The van der Waals surface area contributed by atoms with Crippen molar-refractivity contribution in [3.8, 4) is 0 Å². The lowest BCUT2D eigenvalue weighted by molar-refractivity contribution is 0.102. The topological polar surface area (TPSA) is 78.1 Å². The van der Waals surface area contributed by atoms with E-state index in [1.54, 1.807) is 12.4 Å². The highest BCUT2D eigenvalue weighted by Crippen LogP contribution is 2.33. The van der Waals surface area contributed by atoms with Gasteiger partial charge in [-0.2, -0.15) is 0 Å². The van der Waals surface area contributed by atoms with Crippen molar-refractivity contribution in [2.45, 2.75) is 19.3 Å². The number of carbonyl (C=O) groups excluding carboxylic acids is 1. The first-order chi connectivity index (χ1) is 12.7. The molecule has 0 aliphatic carbocycles. The van der Waals surface area contributed by atoms with Crippen LogP contribution in [0.5, 0.6) is 0 Å². The first kappa shape index (κ1) is 16.3. The Morgan fingerprint density at radius 3 is 2.65 bits per heavy atom. The molecule has 0 spiro atoms. The van der Waals surface area contributed by atoms with Gasteiger partial charge < -0.3 is 15.2 Å². The highest BCUT2D eigenvalue weighted by molar-refractivity contribution is 6.11. The number of pyridine rings is 2. The molecule has 0 bridgehead atoms. The van der Waals surface area contributed by atoms with Crippen molar-refractivity contribution in [1.82, 2.24) is 9.97 Å². The van der Waals surface area contributed by atoms with Gasteiger partial charge in [0, 0.05) is 54.2 Å². The van der Waals surface area contributed by atoms with Crippen molar-refractivity contribution in [2.75, 3.05) is 23.3 Å². The third-order valence-corrected chi connectivity index (χ3v) is 4.79. The largest absolute Gasteiger partial charge is 0.371 e. The van der Waals surface area contributed by atoms with E-state index in [0.29, 0.717) is 11.3 Å². The first-order valence-electron chi connectivity index (χ1n) is 8.84. The van der Waals surface area contributed by atoms with Gasteiger partial charge in [-0.15, -0.1) is 0 Å². The molecule has 4 rings (SSSR count). The Hall–Kier alpha value is -3.15. The zero-order valence-corrected chi connectivity index (χ0v) is 14.4. The lowest BCUT2D eigenvalue weighted by atomic mass is 10.0. The first-order valence-corrected chi connectivity index (χ1v) is 8.84. The molecule has 3 aromatic rings. The van der Waals surface area contributed by atoms with Crippen molar-refractivity contribution in [3.63, 3.8) is 0 Å². The summed E-state index contributed by atoms with van der Waals surface area (Å²) in [5.74, 6) is -0.267. The van der Waals surface area contributed by atoms with E-state index in [1.807, 2.05) is 12.1 Å². The van der Waals surface area contributed by atoms with Crippen molar-refractivity contribution in [1.29, 1.82) is 0 Å². The molecule has 1 aromatic carbocycles. The van der Waals surface area contributed by atoms with Crippen LogP contribution in [0.3, 0.4) is 0 Å². The van der Waals surface area contributed by atoms with Gasteiger partial charge in [0.05, 0.1) is 11.3 Å². The lowest BCUT2D eigenvalue weighted by Gasteiger charge is -2.30. The molecule has 6 heteroatoms. The molecule has 6 nitrogen and oxygen atoms in total. The number of H-pyrrole nitrogens is 1. The zero-order chi connectivity index (χ0) is 17.9. The van der Waals surface area contributed by atoms with Crippen molar-refractivity contribution < 1.29 is 4.79 Å². The minimum Gasteiger partial charge on any atom is -0.371 e. The van der Waals surface area contributed by atoms with Crippen LogP contribution in [0.2, 0.25) is 0 Å². The predicted molar refractivity (Wildman–Crippen MR) is 103 cm³/mol. The Balaban J connectivity index is 1.69.